The van der Waals surface area contributed by atoms with Gasteiger partial charge in [-0.15, -0.1) is 0 Å². The van der Waals surface area contributed by atoms with Crippen LogP contribution in [0.5, 0.6) is 0 Å². The van der Waals surface area contributed by atoms with Gasteiger partial charge in [-0.1, -0.05) is 6.42 Å². The Labute approximate surface area is 192 Å². The average Bonchev–Trinajstić information content (AvgIpc) is 2.85. The Hall–Kier alpha value is -3.02. The molecule has 176 valence electrons. The van der Waals surface area contributed by atoms with Gasteiger partial charge in [0.1, 0.15) is 5.69 Å². The molecule has 0 aliphatic carbocycles. The number of piperidine rings is 1. The van der Waals surface area contributed by atoms with Crippen molar-refractivity contribution in [2.24, 2.45) is 0 Å². The Kier molecular flexibility index (Phi) is 6.91. The van der Waals surface area contributed by atoms with Crippen molar-refractivity contribution in [3.05, 3.63) is 58.1 Å². The molecule has 2 aromatic rings. The fourth-order valence-corrected chi connectivity index (χ4v) is 5.57. The fraction of sp³-hybridized carbons (Fsp3) is 0.409. The molecular weight excluding hydrogens is 448 g/mol. The number of morpholine rings is 1. The predicted octanol–water partition coefficient (Wildman–Crippen LogP) is 2.86. The summed E-state index contributed by atoms with van der Waals surface area (Å²) >= 11 is 0. The van der Waals surface area contributed by atoms with Gasteiger partial charge in [-0.05, 0) is 49.2 Å². The van der Waals surface area contributed by atoms with Crippen LogP contribution in [0.15, 0.2) is 47.4 Å². The van der Waals surface area contributed by atoms with Crippen LogP contribution < -0.4 is 10.2 Å². The molecule has 0 saturated carbocycles. The molecule has 2 saturated heterocycles. The van der Waals surface area contributed by atoms with E-state index in [1.54, 1.807) is 12.1 Å². The second-order valence-electron chi connectivity index (χ2n) is 8.00. The number of nitrogens with one attached hydrogen (secondary N) is 1. The van der Waals surface area contributed by atoms with Gasteiger partial charge in [0.2, 0.25) is 10.0 Å². The van der Waals surface area contributed by atoms with Crippen molar-refractivity contribution in [3.63, 3.8) is 0 Å². The smallest absolute Gasteiger partial charge is 0.293 e. The zero-order chi connectivity index (χ0) is 23.4. The molecule has 0 unspecified atom stereocenters. The summed E-state index contributed by atoms with van der Waals surface area (Å²) in [5.41, 5.74) is 0.848. The SMILES string of the molecule is O=C(Nc1ccc(S(=O)(=O)N2CCCCC2)cc1)c1ccc(N2CCOCC2)c([N+](=O)[O-])c1. The van der Waals surface area contributed by atoms with Crippen LogP contribution in [0, 0.1) is 10.1 Å². The average molecular weight is 475 g/mol. The molecule has 0 bridgehead atoms. The largest absolute Gasteiger partial charge is 0.378 e. The standard InChI is InChI=1S/C22H26N4O6S/c27-22(17-4-9-20(21(16-17)26(28)29)24-12-14-32-15-13-24)23-18-5-7-19(8-6-18)33(30,31)25-10-2-1-3-11-25/h4-9,16H,1-3,10-15H2,(H,23,27). The third kappa shape index (κ3) is 5.15. The molecule has 2 heterocycles. The molecule has 1 N–H and O–H groups in total. The van der Waals surface area contributed by atoms with Gasteiger partial charge >= 0.3 is 0 Å². The van der Waals surface area contributed by atoms with Gasteiger partial charge in [0.25, 0.3) is 11.6 Å². The topological polar surface area (TPSA) is 122 Å². The molecule has 2 aliphatic heterocycles. The zero-order valence-corrected chi connectivity index (χ0v) is 18.9. The highest BCUT2D eigenvalue weighted by atomic mass is 32.2. The molecule has 33 heavy (non-hydrogen) atoms. The summed E-state index contributed by atoms with van der Waals surface area (Å²) in [6.07, 6.45) is 2.73. The molecular formula is C22H26N4O6S. The molecule has 0 atom stereocenters. The predicted molar refractivity (Wildman–Crippen MR) is 123 cm³/mol. The second-order valence-corrected chi connectivity index (χ2v) is 9.94. The highest BCUT2D eigenvalue weighted by molar-refractivity contribution is 7.89. The van der Waals surface area contributed by atoms with Gasteiger partial charge in [0, 0.05) is 43.5 Å². The van der Waals surface area contributed by atoms with E-state index >= 15 is 0 Å². The van der Waals surface area contributed by atoms with Crippen LogP contribution in [-0.2, 0) is 14.8 Å². The van der Waals surface area contributed by atoms with Crippen LogP contribution in [0.4, 0.5) is 17.1 Å². The first kappa shape index (κ1) is 23.1. The van der Waals surface area contributed by atoms with E-state index in [4.69, 9.17) is 4.74 Å². The maximum Gasteiger partial charge on any atom is 0.293 e. The zero-order valence-electron chi connectivity index (χ0n) is 18.1. The first-order chi connectivity index (χ1) is 15.9. The van der Waals surface area contributed by atoms with Crippen molar-refractivity contribution < 1.29 is 22.9 Å². The molecule has 0 radical (unpaired) electrons. The molecule has 10 nitrogen and oxygen atoms in total. The first-order valence-electron chi connectivity index (χ1n) is 10.9. The van der Waals surface area contributed by atoms with Gasteiger partial charge in [-0.2, -0.15) is 4.31 Å². The molecule has 0 aromatic heterocycles. The van der Waals surface area contributed by atoms with Crippen LogP contribution in [0.1, 0.15) is 29.6 Å². The van der Waals surface area contributed by atoms with Crippen LogP contribution in [0.3, 0.4) is 0 Å². The number of ether oxygens (including phenoxy) is 1. The van der Waals surface area contributed by atoms with Gasteiger partial charge < -0.3 is 15.0 Å². The number of sulfonamides is 1. The van der Waals surface area contributed by atoms with Gasteiger partial charge in [0.05, 0.1) is 23.0 Å². The number of hydrogen-bond donors (Lipinski definition) is 1. The summed E-state index contributed by atoms with van der Waals surface area (Å²) in [6.45, 7) is 3.09. The Morgan fingerprint density at radius 2 is 1.64 bits per heavy atom. The van der Waals surface area contributed by atoms with Crippen molar-refractivity contribution in [2.75, 3.05) is 49.6 Å². The summed E-state index contributed by atoms with van der Waals surface area (Å²) in [5.74, 6) is -0.515. The summed E-state index contributed by atoms with van der Waals surface area (Å²) in [6, 6.07) is 10.3. The van der Waals surface area contributed by atoms with E-state index in [1.165, 1.54) is 34.6 Å². The van der Waals surface area contributed by atoms with Gasteiger partial charge in [0.15, 0.2) is 0 Å². The van der Waals surface area contributed by atoms with Crippen molar-refractivity contribution in [3.8, 4) is 0 Å². The van der Waals surface area contributed by atoms with E-state index < -0.39 is 20.9 Å². The van der Waals surface area contributed by atoms with Crippen LogP contribution in [0.25, 0.3) is 0 Å². The highest BCUT2D eigenvalue weighted by Gasteiger charge is 2.26. The number of nitro groups is 1. The summed E-state index contributed by atoms with van der Waals surface area (Å²) in [4.78, 5) is 25.9. The van der Waals surface area contributed by atoms with E-state index in [0.29, 0.717) is 50.8 Å². The molecule has 0 spiro atoms. The number of nitrogens with zero attached hydrogens (tertiary/aromatic N) is 3. The third-order valence-electron chi connectivity index (χ3n) is 5.85. The molecule has 11 heteroatoms. The molecule has 1 amide bonds. The van der Waals surface area contributed by atoms with Crippen LogP contribution in [0.2, 0.25) is 0 Å². The summed E-state index contributed by atoms with van der Waals surface area (Å²) in [5, 5.41) is 14.3. The molecule has 2 aliphatic rings. The van der Waals surface area contributed by atoms with E-state index in [2.05, 4.69) is 5.32 Å². The number of hydrogen-bond acceptors (Lipinski definition) is 7. The van der Waals surface area contributed by atoms with Crippen LogP contribution >= 0.6 is 0 Å². The number of nitro benzene ring substituents is 1. The van der Waals surface area contributed by atoms with Crippen molar-refractivity contribution in [1.29, 1.82) is 0 Å². The number of carbonyl (C=O) groups excluding carboxylic acids is 1. The Bertz CT molecular complexity index is 1120. The lowest BCUT2D eigenvalue weighted by Gasteiger charge is -2.28. The number of anilines is 2. The molecule has 4 rings (SSSR count). The number of amides is 1. The van der Waals surface area contributed by atoms with Crippen molar-refractivity contribution in [2.45, 2.75) is 24.2 Å². The Balaban J connectivity index is 1.48. The second kappa shape index (κ2) is 9.86. The first-order valence-corrected chi connectivity index (χ1v) is 12.3. The normalized spacial score (nSPS) is 17.5. The minimum absolute atomic E-state index is 0.142. The lowest BCUT2D eigenvalue weighted by atomic mass is 10.1. The van der Waals surface area contributed by atoms with Crippen LogP contribution in [-0.4, -0.2) is 62.9 Å². The van der Waals surface area contributed by atoms with Gasteiger partial charge in [-0.3, -0.25) is 14.9 Å². The maximum absolute atomic E-state index is 12.8. The summed E-state index contributed by atoms with van der Waals surface area (Å²) < 4.78 is 32.3. The quantitative estimate of drug-likeness (QED) is 0.505. The third-order valence-corrected chi connectivity index (χ3v) is 7.76. The number of rotatable bonds is 6. The lowest BCUT2D eigenvalue weighted by molar-refractivity contribution is -0.384. The molecule has 2 fully saturated rings. The van der Waals surface area contributed by atoms with E-state index in [0.717, 1.165) is 19.3 Å². The molecule has 2 aromatic carbocycles. The van der Waals surface area contributed by atoms with E-state index in [-0.39, 0.29) is 16.1 Å². The van der Waals surface area contributed by atoms with E-state index in [1.807, 2.05) is 4.90 Å². The number of carbonyl (C=O) groups is 1. The minimum atomic E-state index is -3.56. The van der Waals surface area contributed by atoms with Gasteiger partial charge in [-0.25, -0.2) is 8.42 Å². The Morgan fingerprint density at radius 1 is 0.970 bits per heavy atom. The van der Waals surface area contributed by atoms with Crippen molar-refractivity contribution in [1.82, 2.24) is 4.31 Å². The fourth-order valence-electron chi connectivity index (χ4n) is 4.05. The highest BCUT2D eigenvalue weighted by Crippen LogP contribution is 2.30. The van der Waals surface area contributed by atoms with Crippen molar-refractivity contribution >= 4 is 33.0 Å². The monoisotopic (exact) mass is 474 g/mol. The van der Waals surface area contributed by atoms with E-state index in [9.17, 15) is 23.3 Å². The number of benzene rings is 2. The minimum Gasteiger partial charge on any atom is -0.378 e. The summed E-state index contributed by atoms with van der Waals surface area (Å²) in [7, 11) is -3.56. The Morgan fingerprint density at radius 3 is 2.27 bits per heavy atom. The maximum atomic E-state index is 12.8. The lowest BCUT2D eigenvalue weighted by Crippen LogP contribution is -2.36.